The summed E-state index contributed by atoms with van der Waals surface area (Å²) in [6, 6.07) is 6.27. The first kappa shape index (κ1) is 18.8. The molecule has 1 fully saturated rings. The zero-order chi connectivity index (χ0) is 19.7. The first-order chi connectivity index (χ1) is 13.5. The number of fused-ring (bicyclic) bond motifs is 1. The minimum absolute atomic E-state index is 0.0446. The maximum atomic E-state index is 13.4. The first-order valence-corrected chi connectivity index (χ1v) is 10.4. The fraction of sp³-hybridized carbons (Fsp3) is 0.381. The van der Waals surface area contributed by atoms with Gasteiger partial charge in [0, 0.05) is 26.2 Å². The van der Waals surface area contributed by atoms with Gasteiger partial charge in [0.2, 0.25) is 5.91 Å². The van der Waals surface area contributed by atoms with Gasteiger partial charge in [-0.3, -0.25) is 4.79 Å². The summed E-state index contributed by atoms with van der Waals surface area (Å²) >= 11 is 1.65. The topological polar surface area (TPSA) is 49.3 Å². The molecule has 5 nitrogen and oxygen atoms in total. The van der Waals surface area contributed by atoms with Gasteiger partial charge in [-0.15, -0.1) is 11.3 Å². The number of nitrogens with zero attached hydrogens (tertiary/aromatic N) is 4. The van der Waals surface area contributed by atoms with Crippen molar-refractivity contribution in [1.82, 2.24) is 14.9 Å². The molecule has 7 heteroatoms. The van der Waals surface area contributed by atoms with Gasteiger partial charge in [-0.1, -0.05) is 12.1 Å². The fourth-order valence-corrected chi connectivity index (χ4v) is 4.67. The van der Waals surface area contributed by atoms with Gasteiger partial charge in [-0.05, 0) is 48.9 Å². The quantitative estimate of drug-likeness (QED) is 0.675. The molecule has 4 rings (SSSR count). The van der Waals surface area contributed by atoms with Gasteiger partial charge < -0.3 is 9.80 Å². The smallest absolute Gasteiger partial charge is 0.227 e. The van der Waals surface area contributed by atoms with Crippen LogP contribution in [-0.2, 0) is 11.2 Å². The zero-order valence-corrected chi connectivity index (χ0v) is 16.9. The highest BCUT2D eigenvalue weighted by atomic mass is 32.1. The second kappa shape index (κ2) is 7.83. The molecule has 28 heavy (non-hydrogen) atoms. The molecule has 0 spiro atoms. The second-order valence-electron chi connectivity index (χ2n) is 7.22. The van der Waals surface area contributed by atoms with Gasteiger partial charge in [0.25, 0.3) is 0 Å². The van der Waals surface area contributed by atoms with Crippen LogP contribution >= 0.6 is 11.3 Å². The number of hydrogen-bond acceptors (Lipinski definition) is 5. The monoisotopic (exact) mass is 398 g/mol. The number of thiophene rings is 1. The molecular formula is C21H23FN4OS. The Morgan fingerprint density at radius 1 is 1.18 bits per heavy atom. The highest BCUT2D eigenvalue weighted by molar-refractivity contribution is 7.17. The normalized spacial score (nSPS) is 15.1. The predicted molar refractivity (Wildman–Crippen MR) is 110 cm³/mol. The van der Waals surface area contributed by atoms with E-state index < -0.39 is 0 Å². The third-order valence-corrected chi connectivity index (χ3v) is 6.09. The van der Waals surface area contributed by atoms with Crippen LogP contribution in [0.1, 0.15) is 23.4 Å². The molecule has 0 radical (unpaired) electrons. The van der Waals surface area contributed by atoms with Crippen molar-refractivity contribution in [3.63, 3.8) is 0 Å². The van der Waals surface area contributed by atoms with Crippen molar-refractivity contribution in [3.05, 3.63) is 52.4 Å². The molecule has 0 unspecified atom stereocenters. The van der Waals surface area contributed by atoms with E-state index in [1.54, 1.807) is 23.5 Å². The number of halogens is 1. The Kier molecular flexibility index (Phi) is 5.26. The third-order valence-electron chi connectivity index (χ3n) is 5.10. The van der Waals surface area contributed by atoms with E-state index in [9.17, 15) is 9.18 Å². The van der Waals surface area contributed by atoms with E-state index in [4.69, 9.17) is 4.98 Å². The van der Waals surface area contributed by atoms with Crippen molar-refractivity contribution < 1.29 is 9.18 Å². The molecule has 1 aliphatic rings. The zero-order valence-electron chi connectivity index (χ0n) is 16.1. The van der Waals surface area contributed by atoms with Crippen LogP contribution in [0.25, 0.3) is 10.2 Å². The highest BCUT2D eigenvalue weighted by Gasteiger charge is 2.22. The molecule has 0 N–H and O–H groups in total. The third kappa shape index (κ3) is 3.85. The van der Waals surface area contributed by atoms with Crippen molar-refractivity contribution in [2.75, 3.05) is 31.1 Å². The van der Waals surface area contributed by atoms with E-state index in [2.05, 4.69) is 22.2 Å². The Morgan fingerprint density at radius 2 is 2.04 bits per heavy atom. The maximum absolute atomic E-state index is 13.4. The molecule has 1 aliphatic heterocycles. The van der Waals surface area contributed by atoms with Gasteiger partial charge in [0.15, 0.2) is 0 Å². The number of carbonyl (C=O) groups is 1. The average molecular weight is 399 g/mol. The molecule has 146 valence electrons. The van der Waals surface area contributed by atoms with Gasteiger partial charge in [-0.25, -0.2) is 14.4 Å². The Hall–Kier alpha value is -2.54. The number of benzene rings is 1. The molecule has 1 saturated heterocycles. The van der Waals surface area contributed by atoms with Crippen LogP contribution in [-0.4, -0.2) is 47.0 Å². The molecule has 0 aliphatic carbocycles. The second-order valence-corrected chi connectivity index (χ2v) is 8.08. The lowest BCUT2D eigenvalue weighted by Gasteiger charge is -2.24. The summed E-state index contributed by atoms with van der Waals surface area (Å²) in [7, 11) is 0. The predicted octanol–water partition coefficient (Wildman–Crippen LogP) is 3.73. The molecular weight excluding hydrogens is 375 g/mol. The van der Waals surface area contributed by atoms with Crippen molar-refractivity contribution in [2.24, 2.45) is 0 Å². The molecule has 2 aromatic heterocycles. The Bertz CT molecular complexity index is 1020. The number of aryl methyl sites for hydroxylation is 2. The minimum atomic E-state index is -0.304. The van der Waals surface area contributed by atoms with Crippen molar-refractivity contribution in [2.45, 2.75) is 26.7 Å². The van der Waals surface area contributed by atoms with Crippen molar-refractivity contribution >= 4 is 33.3 Å². The average Bonchev–Trinajstić information content (AvgIpc) is 2.88. The number of hydrogen-bond donors (Lipinski definition) is 0. The standard InChI is InChI=1S/C21H23FN4OS/c1-14-13-28-21-19(14)20(23-15(2)24-21)26-8-4-7-25(9-10-26)18(27)12-16-5-3-6-17(22)11-16/h3,5-6,11,13H,4,7-10,12H2,1-2H3. The highest BCUT2D eigenvalue weighted by Crippen LogP contribution is 2.32. The summed E-state index contributed by atoms with van der Waals surface area (Å²) < 4.78 is 13.4. The number of amides is 1. The lowest BCUT2D eigenvalue weighted by molar-refractivity contribution is -0.130. The van der Waals surface area contributed by atoms with Crippen LogP contribution in [0, 0.1) is 19.7 Å². The summed E-state index contributed by atoms with van der Waals surface area (Å²) in [5.74, 6) is 1.48. The number of anilines is 1. The maximum Gasteiger partial charge on any atom is 0.227 e. The Labute approximate surface area is 167 Å². The van der Waals surface area contributed by atoms with Gasteiger partial charge in [-0.2, -0.15) is 0 Å². The van der Waals surface area contributed by atoms with Crippen molar-refractivity contribution in [1.29, 1.82) is 0 Å². The van der Waals surface area contributed by atoms with Crippen LogP contribution in [0.2, 0.25) is 0 Å². The Morgan fingerprint density at radius 3 is 2.86 bits per heavy atom. The summed E-state index contributed by atoms with van der Waals surface area (Å²) in [5.41, 5.74) is 1.91. The molecule has 3 aromatic rings. The first-order valence-electron chi connectivity index (χ1n) is 9.51. The molecule has 0 bridgehead atoms. The van der Waals surface area contributed by atoms with Crippen LogP contribution in [0.5, 0.6) is 0 Å². The summed E-state index contributed by atoms with van der Waals surface area (Å²) in [6.45, 7) is 6.95. The molecule has 1 aromatic carbocycles. The number of carbonyl (C=O) groups excluding carboxylic acids is 1. The summed E-state index contributed by atoms with van der Waals surface area (Å²) in [4.78, 5) is 27.2. The minimum Gasteiger partial charge on any atom is -0.354 e. The van der Waals surface area contributed by atoms with E-state index in [-0.39, 0.29) is 18.1 Å². The number of rotatable bonds is 3. The summed E-state index contributed by atoms with van der Waals surface area (Å²) in [5, 5.41) is 3.24. The fourth-order valence-electron chi connectivity index (χ4n) is 3.71. The van der Waals surface area contributed by atoms with Crippen LogP contribution in [0.4, 0.5) is 10.2 Å². The van der Waals surface area contributed by atoms with Crippen LogP contribution in [0.15, 0.2) is 29.6 Å². The van der Waals surface area contributed by atoms with Gasteiger partial charge in [0.1, 0.15) is 22.3 Å². The van der Waals surface area contributed by atoms with Crippen molar-refractivity contribution in [3.8, 4) is 0 Å². The molecule has 3 heterocycles. The molecule has 0 saturated carbocycles. The van der Waals surface area contributed by atoms with Gasteiger partial charge in [0.05, 0.1) is 11.8 Å². The lowest BCUT2D eigenvalue weighted by atomic mass is 10.1. The van der Waals surface area contributed by atoms with E-state index in [1.165, 1.54) is 17.7 Å². The van der Waals surface area contributed by atoms with E-state index in [0.717, 1.165) is 41.4 Å². The molecule has 0 atom stereocenters. The SMILES string of the molecule is Cc1nc(N2CCCN(C(=O)Cc3cccc(F)c3)CC2)c2c(C)csc2n1. The summed E-state index contributed by atoms with van der Waals surface area (Å²) in [6.07, 6.45) is 1.11. The lowest BCUT2D eigenvalue weighted by Crippen LogP contribution is -2.36. The largest absolute Gasteiger partial charge is 0.354 e. The molecule has 1 amide bonds. The number of aromatic nitrogens is 2. The van der Waals surface area contributed by atoms with E-state index >= 15 is 0 Å². The van der Waals surface area contributed by atoms with Gasteiger partial charge >= 0.3 is 0 Å². The van der Waals surface area contributed by atoms with E-state index in [0.29, 0.717) is 18.7 Å². The Balaban J connectivity index is 1.50. The van der Waals surface area contributed by atoms with Crippen LogP contribution < -0.4 is 4.90 Å². The van der Waals surface area contributed by atoms with Crippen LogP contribution in [0.3, 0.4) is 0 Å². The van der Waals surface area contributed by atoms with E-state index in [1.807, 2.05) is 11.8 Å².